The number of pyridine rings is 1. The summed E-state index contributed by atoms with van der Waals surface area (Å²) >= 11 is 0. The van der Waals surface area contributed by atoms with Crippen molar-refractivity contribution in [3.8, 4) is 0 Å². The minimum atomic E-state index is -0.216. The third kappa shape index (κ3) is 2.77. The molecule has 2 aliphatic rings. The number of carbonyl (C=O) groups excluding carboxylic acids is 1. The summed E-state index contributed by atoms with van der Waals surface area (Å²) in [5, 5.41) is 18.3. The van der Waals surface area contributed by atoms with Gasteiger partial charge in [-0.25, -0.2) is 0 Å². The number of nitrogens with one attached hydrogen (secondary N) is 1. The molecule has 0 spiro atoms. The van der Waals surface area contributed by atoms with Gasteiger partial charge >= 0.3 is 0 Å². The highest BCUT2D eigenvalue weighted by Gasteiger charge is 2.31. The van der Waals surface area contributed by atoms with Crippen LogP contribution in [-0.4, -0.2) is 10.8 Å². The van der Waals surface area contributed by atoms with E-state index in [1.807, 2.05) is 73.7 Å². The maximum absolute atomic E-state index is 13.0. The van der Waals surface area contributed by atoms with E-state index in [1.54, 1.807) is 13.1 Å². The van der Waals surface area contributed by atoms with Crippen molar-refractivity contribution in [2.75, 3.05) is 5.32 Å². The average Bonchev–Trinajstić information content (AvgIpc) is 2.78. The van der Waals surface area contributed by atoms with Gasteiger partial charge in [0.15, 0.2) is 5.78 Å². The number of anilines is 1. The molecule has 1 aliphatic heterocycles. The molecule has 2 aromatic carbocycles. The molecule has 4 heteroatoms. The molecule has 0 saturated heterocycles. The maximum Gasteiger partial charge on any atom is 0.192 e. The highest BCUT2D eigenvalue weighted by molar-refractivity contribution is 6.25. The molecule has 30 heavy (non-hydrogen) atoms. The van der Waals surface area contributed by atoms with Crippen LogP contribution in [0, 0.1) is 0 Å². The van der Waals surface area contributed by atoms with Gasteiger partial charge in [-0.05, 0) is 54.2 Å². The number of hydrogen-bond donors (Lipinski definition) is 1. The summed E-state index contributed by atoms with van der Waals surface area (Å²) in [6.45, 7) is 3.60. The summed E-state index contributed by atoms with van der Waals surface area (Å²) < 4.78 is 0. The molecule has 0 fully saturated rings. The lowest BCUT2D eigenvalue weighted by molar-refractivity contribution is -0.300. The normalized spacial score (nSPS) is 18.7. The Balaban J connectivity index is 1.54. The molecular weight excluding hydrogens is 372 g/mol. The number of Topliss-reactive ketones (excluding diaryl/α,β-unsaturated/α-hetero) is 1. The Kier molecular flexibility index (Phi) is 4.14. The topological polar surface area (TPSA) is 65.0 Å². The molecule has 146 valence electrons. The van der Waals surface area contributed by atoms with Crippen LogP contribution in [0.5, 0.6) is 0 Å². The third-order valence-corrected chi connectivity index (χ3v) is 5.74. The third-order valence-electron chi connectivity index (χ3n) is 5.74. The number of rotatable bonds is 2. The molecule has 4 nitrogen and oxygen atoms in total. The molecule has 0 atom stereocenters. The van der Waals surface area contributed by atoms with Gasteiger partial charge in [-0.15, -0.1) is 0 Å². The maximum atomic E-state index is 13.0. The summed E-state index contributed by atoms with van der Waals surface area (Å²) in [5.41, 5.74) is 5.22. The van der Waals surface area contributed by atoms with Gasteiger partial charge in [0.2, 0.25) is 0 Å². The van der Waals surface area contributed by atoms with E-state index in [1.165, 1.54) is 0 Å². The van der Waals surface area contributed by atoms with Crippen molar-refractivity contribution in [3.63, 3.8) is 0 Å². The summed E-state index contributed by atoms with van der Waals surface area (Å²) in [7, 11) is 0. The molecule has 5 rings (SSSR count). The molecule has 0 saturated carbocycles. The number of ketones is 1. The van der Waals surface area contributed by atoms with Crippen molar-refractivity contribution >= 4 is 33.9 Å². The number of carbonyl (C=O) groups is 1. The van der Waals surface area contributed by atoms with Crippen molar-refractivity contribution in [1.29, 1.82) is 0 Å². The highest BCUT2D eigenvalue weighted by atomic mass is 16.3. The number of aromatic nitrogens is 1. The van der Waals surface area contributed by atoms with Gasteiger partial charge < -0.3 is 10.4 Å². The lowest BCUT2D eigenvalue weighted by Gasteiger charge is -2.33. The fourth-order valence-corrected chi connectivity index (χ4v) is 3.96. The van der Waals surface area contributed by atoms with Crippen LogP contribution in [0.3, 0.4) is 0 Å². The van der Waals surface area contributed by atoms with Crippen LogP contribution >= 0.6 is 0 Å². The number of para-hydroxylation sites is 1. The largest absolute Gasteiger partial charge is 0.871 e. The zero-order chi connectivity index (χ0) is 20.8. The van der Waals surface area contributed by atoms with Crippen LogP contribution in [0.1, 0.15) is 25.1 Å². The monoisotopic (exact) mass is 391 g/mol. The second-order valence-electron chi connectivity index (χ2n) is 7.53. The van der Waals surface area contributed by atoms with Gasteiger partial charge in [0.1, 0.15) is 0 Å². The van der Waals surface area contributed by atoms with E-state index >= 15 is 0 Å². The Morgan fingerprint density at radius 1 is 0.933 bits per heavy atom. The van der Waals surface area contributed by atoms with Crippen LogP contribution in [0.2, 0.25) is 0 Å². The smallest absolute Gasteiger partial charge is 0.192 e. The molecule has 1 N–H and O–H groups in total. The second-order valence-corrected chi connectivity index (χ2v) is 7.53. The van der Waals surface area contributed by atoms with E-state index in [-0.39, 0.29) is 22.7 Å². The minimum absolute atomic E-state index is 0.216. The number of benzene rings is 2. The molecule has 0 radical (unpaired) electrons. The number of hydrogen-bond acceptors (Lipinski definition) is 4. The summed E-state index contributed by atoms with van der Waals surface area (Å²) in [6.07, 6.45) is 5.67. The van der Waals surface area contributed by atoms with Crippen molar-refractivity contribution in [2.24, 2.45) is 0 Å². The fourth-order valence-electron chi connectivity index (χ4n) is 3.96. The molecule has 0 unspecified atom stereocenters. The van der Waals surface area contributed by atoms with Crippen LogP contribution < -0.4 is 10.4 Å². The fraction of sp³-hybridized carbons (Fsp3) is 0.0769. The van der Waals surface area contributed by atoms with Crippen LogP contribution in [0.4, 0.5) is 5.69 Å². The number of fused-ring (bicyclic) bond motifs is 2. The van der Waals surface area contributed by atoms with Crippen LogP contribution in [0.15, 0.2) is 95.0 Å². The van der Waals surface area contributed by atoms with Crippen molar-refractivity contribution in [1.82, 2.24) is 4.98 Å². The van der Waals surface area contributed by atoms with E-state index in [0.717, 1.165) is 27.7 Å². The quantitative estimate of drug-likeness (QED) is 0.648. The van der Waals surface area contributed by atoms with Gasteiger partial charge in [-0.3, -0.25) is 9.78 Å². The van der Waals surface area contributed by atoms with E-state index in [0.29, 0.717) is 16.8 Å². The SMILES string of the molecule is CC(=C1C=Cc2ccccc2N1)C1=C([O-])C(=C(C)c2cc3ccccc3cn2)C1=O. The number of nitrogens with zero attached hydrogens (tertiary/aromatic N) is 1. The molecule has 1 aliphatic carbocycles. The van der Waals surface area contributed by atoms with Crippen molar-refractivity contribution < 1.29 is 9.90 Å². The summed E-state index contributed by atoms with van der Waals surface area (Å²) in [6, 6.07) is 17.7. The van der Waals surface area contributed by atoms with Crippen molar-refractivity contribution in [3.05, 3.63) is 106 Å². The van der Waals surface area contributed by atoms with Crippen molar-refractivity contribution in [2.45, 2.75) is 13.8 Å². The Morgan fingerprint density at radius 3 is 2.47 bits per heavy atom. The Labute approximate surface area is 174 Å². The minimum Gasteiger partial charge on any atom is -0.871 e. The molecule has 3 aromatic rings. The first-order valence-corrected chi connectivity index (χ1v) is 9.82. The van der Waals surface area contributed by atoms with Gasteiger partial charge in [0.25, 0.3) is 0 Å². The first-order chi connectivity index (χ1) is 14.5. The van der Waals surface area contributed by atoms with Crippen LogP contribution in [0.25, 0.3) is 22.4 Å². The lowest BCUT2D eigenvalue weighted by atomic mass is 9.79. The predicted molar refractivity (Wildman–Crippen MR) is 118 cm³/mol. The molecule has 0 amide bonds. The zero-order valence-corrected chi connectivity index (χ0v) is 16.7. The molecule has 2 heterocycles. The number of allylic oxidation sites excluding steroid dienone is 5. The van der Waals surface area contributed by atoms with Gasteiger partial charge in [0.05, 0.1) is 5.69 Å². The van der Waals surface area contributed by atoms with Gasteiger partial charge in [-0.1, -0.05) is 54.3 Å². The first-order valence-electron chi connectivity index (χ1n) is 9.82. The van der Waals surface area contributed by atoms with E-state index < -0.39 is 0 Å². The summed E-state index contributed by atoms with van der Waals surface area (Å²) in [4.78, 5) is 17.4. The van der Waals surface area contributed by atoms with Crippen LogP contribution in [-0.2, 0) is 4.79 Å². The standard InChI is InChI=1S/C26H20N2O2/c1-15(20-12-11-17-7-5-6-10-21(17)28-20)23-25(29)24(26(23)30)16(2)22-13-18-8-3-4-9-19(18)14-27-22/h3-14,28-29H,1-2H3/p-1. The molecular formula is C26H19N2O2-. The average molecular weight is 391 g/mol. The van der Waals surface area contributed by atoms with E-state index in [4.69, 9.17) is 0 Å². The Hall–Kier alpha value is -3.92. The zero-order valence-electron chi connectivity index (χ0n) is 16.7. The molecule has 1 aromatic heterocycles. The predicted octanol–water partition coefficient (Wildman–Crippen LogP) is 4.62. The van der Waals surface area contributed by atoms with Gasteiger partial charge in [-0.2, -0.15) is 0 Å². The lowest BCUT2D eigenvalue weighted by Crippen LogP contribution is -2.32. The first kappa shape index (κ1) is 18.1. The Morgan fingerprint density at radius 2 is 1.67 bits per heavy atom. The Bertz CT molecular complexity index is 1360. The van der Waals surface area contributed by atoms with E-state index in [9.17, 15) is 9.90 Å². The van der Waals surface area contributed by atoms with E-state index in [2.05, 4.69) is 10.3 Å². The highest BCUT2D eigenvalue weighted by Crippen LogP contribution is 2.38. The van der Waals surface area contributed by atoms with Gasteiger partial charge in [0, 0.05) is 34.1 Å². The second kappa shape index (κ2) is 6.85. The molecule has 0 bridgehead atoms. The summed E-state index contributed by atoms with van der Waals surface area (Å²) in [5.74, 6) is -0.432.